The van der Waals surface area contributed by atoms with Crippen LogP contribution >= 0.6 is 0 Å². The second-order valence-electron chi connectivity index (χ2n) is 8.14. The quantitative estimate of drug-likeness (QED) is 0.668. The number of nitrogens with one attached hydrogen (secondary N) is 1. The van der Waals surface area contributed by atoms with Gasteiger partial charge in [0.1, 0.15) is 11.8 Å². The van der Waals surface area contributed by atoms with Crippen molar-refractivity contribution < 1.29 is 17.9 Å². The highest BCUT2D eigenvalue weighted by Gasteiger charge is 2.30. The van der Waals surface area contributed by atoms with E-state index in [0.29, 0.717) is 11.4 Å². The minimum atomic E-state index is -3.67. The Morgan fingerprint density at radius 2 is 1.74 bits per heavy atom. The standard InChI is InChI=1S/C24H32N2O4S/c1-5-23(20-11-10-18-8-6-7-9-19(18)16-20)25-24(27)17(2)26(31(4,28)29)21-12-14-22(30-3)15-13-21/h10-17,23H,5-9H2,1-4H3,(H,25,27)/t17-,23-/m1/s1. The molecular weight excluding hydrogens is 412 g/mol. The van der Waals surface area contributed by atoms with Crippen LogP contribution in [-0.2, 0) is 27.7 Å². The van der Waals surface area contributed by atoms with E-state index in [1.165, 1.54) is 24.0 Å². The number of carbonyl (C=O) groups is 1. The first-order valence-electron chi connectivity index (χ1n) is 10.8. The van der Waals surface area contributed by atoms with Crippen LogP contribution in [0.3, 0.4) is 0 Å². The van der Waals surface area contributed by atoms with Gasteiger partial charge in [0.15, 0.2) is 0 Å². The monoisotopic (exact) mass is 444 g/mol. The van der Waals surface area contributed by atoms with Gasteiger partial charge in [-0.25, -0.2) is 8.42 Å². The highest BCUT2D eigenvalue weighted by Crippen LogP contribution is 2.27. The molecule has 0 bridgehead atoms. The van der Waals surface area contributed by atoms with Crippen molar-refractivity contribution >= 4 is 21.6 Å². The molecule has 1 amide bonds. The van der Waals surface area contributed by atoms with Crippen LogP contribution < -0.4 is 14.4 Å². The molecule has 1 aliphatic carbocycles. The van der Waals surface area contributed by atoms with E-state index in [9.17, 15) is 13.2 Å². The molecule has 0 aliphatic heterocycles. The Labute approximate surface area is 185 Å². The number of hydrogen-bond acceptors (Lipinski definition) is 4. The third-order valence-electron chi connectivity index (χ3n) is 5.92. The van der Waals surface area contributed by atoms with Gasteiger partial charge < -0.3 is 10.1 Å². The van der Waals surface area contributed by atoms with E-state index in [1.807, 2.05) is 6.92 Å². The summed E-state index contributed by atoms with van der Waals surface area (Å²) in [5, 5.41) is 3.06. The molecule has 0 saturated carbocycles. The van der Waals surface area contributed by atoms with Crippen molar-refractivity contribution in [2.45, 2.75) is 58.0 Å². The number of aryl methyl sites for hydroxylation is 2. The summed E-state index contributed by atoms with van der Waals surface area (Å²) in [6, 6.07) is 12.0. The van der Waals surface area contributed by atoms with Crippen LogP contribution in [0.1, 0.15) is 55.8 Å². The van der Waals surface area contributed by atoms with Gasteiger partial charge >= 0.3 is 0 Å². The number of anilines is 1. The van der Waals surface area contributed by atoms with Crippen molar-refractivity contribution in [3.8, 4) is 5.75 Å². The van der Waals surface area contributed by atoms with Gasteiger partial charge in [-0.3, -0.25) is 9.10 Å². The number of sulfonamides is 1. The second-order valence-corrected chi connectivity index (χ2v) is 10.00. The topological polar surface area (TPSA) is 75.7 Å². The lowest BCUT2D eigenvalue weighted by Gasteiger charge is -2.30. The maximum atomic E-state index is 13.1. The van der Waals surface area contributed by atoms with Crippen LogP contribution in [0, 0.1) is 0 Å². The summed E-state index contributed by atoms with van der Waals surface area (Å²) in [6.45, 7) is 3.63. The molecule has 0 fully saturated rings. The molecule has 168 valence electrons. The number of fused-ring (bicyclic) bond motifs is 1. The molecule has 0 aromatic heterocycles. The van der Waals surface area contributed by atoms with Crippen molar-refractivity contribution in [1.82, 2.24) is 5.32 Å². The number of nitrogens with zero attached hydrogens (tertiary/aromatic N) is 1. The second kappa shape index (κ2) is 9.73. The van der Waals surface area contributed by atoms with E-state index in [-0.39, 0.29) is 11.9 Å². The Kier molecular flexibility index (Phi) is 7.26. The first-order chi connectivity index (χ1) is 14.7. The molecule has 1 N–H and O–H groups in total. The van der Waals surface area contributed by atoms with Gasteiger partial charge in [-0.15, -0.1) is 0 Å². The molecule has 1 aliphatic rings. The number of benzene rings is 2. The van der Waals surface area contributed by atoms with Crippen molar-refractivity contribution in [3.05, 3.63) is 59.2 Å². The lowest BCUT2D eigenvalue weighted by Crippen LogP contribution is -2.48. The van der Waals surface area contributed by atoms with Crippen molar-refractivity contribution in [3.63, 3.8) is 0 Å². The zero-order valence-electron chi connectivity index (χ0n) is 18.7. The van der Waals surface area contributed by atoms with Gasteiger partial charge in [0.05, 0.1) is 25.1 Å². The smallest absolute Gasteiger partial charge is 0.244 e. The molecule has 2 aromatic rings. The summed E-state index contributed by atoms with van der Waals surface area (Å²) in [6.07, 6.45) is 6.44. The van der Waals surface area contributed by atoms with Crippen LogP contribution in [0.2, 0.25) is 0 Å². The number of amides is 1. The molecule has 3 rings (SSSR count). The Hall–Kier alpha value is -2.54. The van der Waals surface area contributed by atoms with Crippen LogP contribution in [0.4, 0.5) is 5.69 Å². The fraction of sp³-hybridized carbons (Fsp3) is 0.458. The minimum absolute atomic E-state index is 0.167. The molecule has 2 atom stereocenters. The molecular formula is C24H32N2O4S. The average molecular weight is 445 g/mol. The molecule has 0 saturated heterocycles. The van der Waals surface area contributed by atoms with Gasteiger partial charge in [-0.05, 0) is 80.0 Å². The molecule has 7 heteroatoms. The molecule has 6 nitrogen and oxygen atoms in total. The Morgan fingerprint density at radius 3 is 2.32 bits per heavy atom. The van der Waals surface area contributed by atoms with Crippen LogP contribution in [0.5, 0.6) is 5.75 Å². The normalized spacial score (nSPS) is 15.5. The van der Waals surface area contributed by atoms with Crippen molar-refractivity contribution in [2.75, 3.05) is 17.7 Å². The lowest BCUT2D eigenvalue weighted by atomic mass is 9.88. The van der Waals surface area contributed by atoms with Gasteiger partial charge in [0, 0.05) is 0 Å². The van der Waals surface area contributed by atoms with Crippen molar-refractivity contribution in [2.24, 2.45) is 0 Å². The molecule has 0 heterocycles. The lowest BCUT2D eigenvalue weighted by molar-refractivity contribution is -0.122. The average Bonchev–Trinajstić information content (AvgIpc) is 2.76. The van der Waals surface area contributed by atoms with Crippen LogP contribution in [0.25, 0.3) is 0 Å². The summed E-state index contributed by atoms with van der Waals surface area (Å²) >= 11 is 0. The number of carbonyl (C=O) groups excluding carboxylic acids is 1. The molecule has 0 unspecified atom stereocenters. The summed E-state index contributed by atoms with van der Waals surface area (Å²) in [5.74, 6) is 0.290. The summed E-state index contributed by atoms with van der Waals surface area (Å²) in [5.41, 5.74) is 4.25. The van der Waals surface area contributed by atoms with Gasteiger partial charge in [0.25, 0.3) is 0 Å². The molecule has 2 aromatic carbocycles. The van der Waals surface area contributed by atoms with Crippen molar-refractivity contribution in [1.29, 1.82) is 0 Å². The van der Waals surface area contributed by atoms with E-state index in [1.54, 1.807) is 38.3 Å². The number of methoxy groups -OCH3 is 1. The fourth-order valence-electron chi connectivity index (χ4n) is 4.22. The Balaban J connectivity index is 1.81. The molecule has 0 spiro atoms. The highest BCUT2D eigenvalue weighted by molar-refractivity contribution is 7.92. The third-order valence-corrected chi connectivity index (χ3v) is 7.16. The first kappa shape index (κ1) is 23.1. The Bertz CT molecular complexity index is 1020. The van der Waals surface area contributed by atoms with E-state index in [2.05, 4.69) is 23.5 Å². The van der Waals surface area contributed by atoms with Gasteiger partial charge in [-0.2, -0.15) is 0 Å². The predicted octanol–water partition coefficient (Wildman–Crippen LogP) is 4.00. The fourth-order valence-corrected chi connectivity index (χ4v) is 5.40. The summed E-state index contributed by atoms with van der Waals surface area (Å²) < 4.78 is 31.4. The first-order valence-corrected chi connectivity index (χ1v) is 12.6. The van der Waals surface area contributed by atoms with Gasteiger partial charge in [-0.1, -0.05) is 25.1 Å². The summed E-state index contributed by atoms with van der Waals surface area (Å²) in [7, 11) is -2.12. The molecule has 31 heavy (non-hydrogen) atoms. The van der Waals surface area contributed by atoms with E-state index >= 15 is 0 Å². The van der Waals surface area contributed by atoms with E-state index in [0.717, 1.165) is 35.4 Å². The largest absolute Gasteiger partial charge is 0.497 e. The van der Waals surface area contributed by atoms with Crippen LogP contribution in [-0.4, -0.2) is 33.7 Å². The maximum absolute atomic E-state index is 13.1. The zero-order chi connectivity index (χ0) is 22.6. The summed E-state index contributed by atoms with van der Waals surface area (Å²) in [4.78, 5) is 13.1. The number of ether oxygens (including phenoxy) is 1. The van der Waals surface area contributed by atoms with E-state index < -0.39 is 16.1 Å². The molecule has 0 radical (unpaired) electrons. The number of rotatable bonds is 8. The minimum Gasteiger partial charge on any atom is -0.497 e. The number of hydrogen-bond donors (Lipinski definition) is 1. The SMILES string of the molecule is CC[C@@H](NC(=O)[C@@H](C)N(c1ccc(OC)cc1)S(C)(=O)=O)c1ccc2c(c1)CCCC2. The highest BCUT2D eigenvalue weighted by atomic mass is 32.2. The third kappa shape index (κ3) is 5.39. The predicted molar refractivity (Wildman–Crippen MR) is 124 cm³/mol. The maximum Gasteiger partial charge on any atom is 0.244 e. The van der Waals surface area contributed by atoms with Crippen LogP contribution in [0.15, 0.2) is 42.5 Å². The zero-order valence-corrected chi connectivity index (χ0v) is 19.5. The Morgan fingerprint density at radius 1 is 1.10 bits per heavy atom. The van der Waals surface area contributed by atoms with E-state index in [4.69, 9.17) is 4.74 Å². The van der Waals surface area contributed by atoms with Gasteiger partial charge in [0.2, 0.25) is 15.9 Å².